The highest BCUT2D eigenvalue weighted by molar-refractivity contribution is 5.09. The van der Waals surface area contributed by atoms with Gasteiger partial charge in [0.15, 0.2) is 0 Å². The Balaban J connectivity index is 2.35. The van der Waals surface area contributed by atoms with E-state index in [-0.39, 0.29) is 0 Å². The molecule has 0 amide bonds. The molecule has 1 aliphatic carbocycles. The van der Waals surface area contributed by atoms with E-state index in [2.05, 4.69) is 13.8 Å². The van der Waals surface area contributed by atoms with Crippen LogP contribution in [0.5, 0.6) is 0 Å². The van der Waals surface area contributed by atoms with Crippen molar-refractivity contribution in [3.8, 4) is 0 Å². The second kappa shape index (κ2) is 8.84. The molecule has 0 heterocycles. The van der Waals surface area contributed by atoms with Crippen molar-refractivity contribution in [2.75, 3.05) is 0 Å². The van der Waals surface area contributed by atoms with Crippen molar-refractivity contribution in [1.29, 1.82) is 0 Å². The van der Waals surface area contributed by atoms with Gasteiger partial charge in [-0.15, -0.1) is 0 Å². The molecule has 0 heteroatoms. The highest BCUT2D eigenvalue weighted by Gasteiger charge is 2.02. The fourth-order valence-electron chi connectivity index (χ4n) is 2.72. The van der Waals surface area contributed by atoms with Gasteiger partial charge in [0.25, 0.3) is 0 Å². The molecular formula is C16H30. The van der Waals surface area contributed by atoms with Gasteiger partial charge in [0.05, 0.1) is 0 Å². The van der Waals surface area contributed by atoms with Crippen LogP contribution in [0, 0.1) is 0 Å². The summed E-state index contributed by atoms with van der Waals surface area (Å²) in [6, 6.07) is 0. The SMILES string of the molecule is CC(C)=C1CCCCCCCCCCCC1. The van der Waals surface area contributed by atoms with Crippen LogP contribution >= 0.6 is 0 Å². The predicted molar refractivity (Wildman–Crippen MR) is 73.8 cm³/mol. The minimum absolute atomic E-state index is 1.38. The molecule has 94 valence electrons. The summed E-state index contributed by atoms with van der Waals surface area (Å²) in [5.74, 6) is 0. The van der Waals surface area contributed by atoms with E-state index in [9.17, 15) is 0 Å². The molecule has 0 aliphatic heterocycles. The van der Waals surface area contributed by atoms with Gasteiger partial charge in [0.1, 0.15) is 0 Å². The average molecular weight is 222 g/mol. The summed E-state index contributed by atoms with van der Waals surface area (Å²) < 4.78 is 0. The summed E-state index contributed by atoms with van der Waals surface area (Å²) in [6.07, 6.45) is 17.4. The van der Waals surface area contributed by atoms with Crippen LogP contribution in [0.3, 0.4) is 0 Å². The quantitative estimate of drug-likeness (QED) is 0.440. The lowest BCUT2D eigenvalue weighted by molar-refractivity contribution is 0.562. The number of hydrogen-bond acceptors (Lipinski definition) is 0. The number of hydrogen-bond donors (Lipinski definition) is 0. The van der Waals surface area contributed by atoms with Gasteiger partial charge in [-0.3, -0.25) is 0 Å². The summed E-state index contributed by atoms with van der Waals surface area (Å²) in [6.45, 7) is 4.60. The lowest BCUT2D eigenvalue weighted by Crippen LogP contribution is -1.89. The monoisotopic (exact) mass is 222 g/mol. The molecule has 16 heavy (non-hydrogen) atoms. The zero-order chi connectivity index (χ0) is 11.6. The topological polar surface area (TPSA) is 0 Å². The van der Waals surface area contributed by atoms with Crippen LogP contribution in [0.15, 0.2) is 11.1 Å². The van der Waals surface area contributed by atoms with Crippen molar-refractivity contribution in [3.63, 3.8) is 0 Å². The maximum atomic E-state index is 2.30. The molecule has 0 aromatic rings. The molecule has 0 nitrogen and oxygen atoms in total. The fourth-order valence-corrected chi connectivity index (χ4v) is 2.72. The second-order valence-corrected chi connectivity index (χ2v) is 5.64. The predicted octanol–water partition coefficient (Wildman–Crippen LogP) is 6.02. The molecule has 0 aromatic carbocycles. The van der Waals surface area contributed by atoms with Gasteiger partial charge in [-0.1, -0.05) is 62.5 Å². The Bertz CT molecular complexity index is 180. The molecule has 0 radical (unpaired) electrons. The number of allylic oxidation sites excluding steroid dienone is 2. The van der Waals surface area contributed by atoms with Crippen LogP contribution < -0.4 is 0 Å². The van der Waals surface area contributed by atoms with Gasteiger partial charge < -0.3 is 0 Å². The van der Waals surface area contributed by atoms with E-state index in [0.29, 0.717) is 0 Å². The molecule has 0 aromatic heterocycles. The smallest absolute Gasteiger partial charge is 0.0318 e. The Kier molecular flexibility index (Phi) is 7.63. The molecule has 0 saturated heterocycles. The van der Waals surface area contributed by atoms with E-state index in [1.165, 1.54) is 77.0 Å². The van der Waals surface area contributed by atoms with Crippen molar-refractivity contribution in [3.05, 3.63) is 11.1 Å². The second-order valence-electron chi connectivity index (χ2n) is 5.64. The van der Waals surface area contributed by atoms with Crippen molar-refractivity contribution in [2.45, 2.75) is 90.9 Å². The molecule has 0 spiro atoms. The molecule has 0 N–H and O–H groups in total. The van der Waals surface area contributed by atoms with E-state index < -0.39 is 0 Å². The summed E-state index contributed by atoms with van der Waals surface area (Å²) in [4.78, 5) is 0. The van der Waals surface area contributed by atoms with Crippen molar-refractivity contribution in [2.24, 2.45) is 0 Å². The van der Waals surface area contributed by atoms with E-state index in [1.807, 2.05) is 0 Å². The normalized spacial score (nSPS) is 21.8. The Morgan fingerprint density at radius 3 is 1.19 bits per heavy atom. The van der Waals surface area contributed by atoms with Crippen LogP contribution in [0.1, 0.15) is 90.9 Å². The van der Waals surface area contributed by atoms with Gasteiger partial charge in [-0.2, -0.15) is 0 Å². The standard InChI is InChI=1S/C16H30/c1-15(2)16-13-11-9-7-5-3-4-6-8-10-12-14-16/h3-14H2,1-2H3. The van der Waals surface area contributed by atoms with Gasteiger partial charge in [-0.05, 0) is 39.5 Å². The third-order valence-corrected chi connectivity index (χ3v) is 3.91. The van der Waals surface area contributed by atoms with Crippen LogP contribution in [0.25, 0.3) is 0 Å². The van der Waals surface area contributed by atoms with Crippen LogP contribution in [0.4, 0.5) is 0 Å². The minimum Gasteiger partial charge on any atom is -0.0772 e. The average Bonchev–Trinajstić information content (AvgIpc) is 2.28. The Morgan fingerprint density at radius 1 is 0.562 bits per heavy atom. The minimum atomic E-state index is 1.38. The van der Waals surface area contributed by atoms with Gasteiger partial charge in [-0.25, -0.2) is 0 Å². The summed E-state index contributed by atoms with van der Waals surface area (Å²) in [5.41, 5.74) is 3.36. The lowest BCUT2D eigenvalue weighted by Gasteiger charge is -2.09. The largest absolute Gasteiger partial charge is 0.0772 e. The Hall–Kier alpha value is -0.260. The maximum Gasteiger partial charge on any atom is -0.0318 e. The molecule has 1 aliphatic rings. The Labute approximate surface area is 103 Å². The highest BCUT2D eigenvalue weighted by atomic mass is 14.1. The van der Waals surface area contributed by atoms with Gasteiger partial charge >= 0.3 is 0 Å². The molecule has 1 saturated carbocycles. The first-order chi connectivity index (χ1) is 7.80. The van der Waals surface area contributed by atoms with E-state index in [0.717, 1.165) is 0 Å². The van der Waals surface area contributed by atoms with E-state index in [1.54, 1.807) is 11.1 Å². The van der Waals surface area contributed by atoms with Crippen LogP contribution in [-0.2, 0) is 0 Å². The third kappa shape index (κ3) is 6.35. The molecule has 0 atom stereocenters. The van der Waals surface area contributed by atoms with Crippen LogP contribution in [0.2, 0.25) is 0 Å². The van der Waals surface area contributed by atoms with E-state index in [4.69, 9.17) is 0 Å². The van der Waals surface area contributed by atoms with Crippen molar-refractivity contribution < 1.29 is 0 Å². The van der Waals surface area contributed by atoms with Gasteiger partial charge in [0, 0.05) is 0 Å². The van der Waals surface area contributed by atoms with E-state index >= 15 is 0 Å². The zero-order valence-corrected chi connectivity index (χ0v) is 11.5. The van der Waals surface area contributed by atoms with Crippen LogP contribution in [-0.4, -0.2) is 0 Å². The summed E-state index contributed by atoms with van der Waals surface area (Å²) in [7, 11) is 0. The highest BCUT2D eigenvalue weighted by Crippen LogP contribution is 2.22. The Morgan fingerprint density at radius 2 is 0.875 bits per heavy atom. The van der Waals surface area contributed by atoms with Gasteiger partial charge in [0.2, 0.25) is 0 Å². The molecule has 0 unspecified atom stereocenters. The fraction of sp³-hybridized carbons (Fsp3) is 0.875. The van der Waals surface area contributed by atoms with Crippen molar-refractivity contribution >= 4 is 0 Å². The van der Waals surface area contributed by atoms with Crippen molar-refractivity contribution in [1.82, 2.24) is 0 Å². The first-order valence-electron chi connectivity index (χ1n) is 7.46. The molecular weight excluding hydrogens is 192 g/mol. The zero-order valence-electron chi connectivity index (χ0n) is 11.5. The number of rotatable bonds is 0. The summed E-state index contributed by atoms with van der Waals surface area (Å²) >= 11 is 0. The first-order valence-corrected chi connectivity index (χ1v) is 7.46. The summed E-state index contributed by atoms with van der Waals surface area (Å²) in [5, 5.41) is 0. The first kappa shape index (κ1) is 13.8. The molecule has 1 fully saturated rings. The third-order valence-electron chi connectivity index (χ3n) is 3.91. The lowest BCUT2D eigenvalue weighted by atomic mass is 9.97. The molecule has 1 rings (SSSR count). The maximum absolute atomic E-state index is 2.30. The molecule has 0 bridgehead atoms.